The zero-order valence-corrected chi connectivity index (χ0v) is 7.90. The number of nitrogens with one attached hydrogen (secondary N) is 1. The predicted octanol–water partition coefficient (Wildman–Crippen LogP) is 2.60. The molecule has 0 saturated carbocycles. The molecule has 2 heteroatoms. The number of halogens is 1. The second-order valence-electron chi connectivity index (χ2n) is 2.86. The van der Waals surface area contributed by atoms with Crippen molar-refractivity contribution in [3.63, 3.8) is 0 Å². The van der Waals surface area contributed by atoms with Crippen LogP contribution in [0.3, 0.4) is 0 Å². The zero-order chi connectivity index (χ0) is 8.97. The first-order chi connectivity index (χ1) is 5.79. The van der Waals surface area contributed by atoms with Gasteiger partial charge in [0.2, 0.25) is 0 Å². The Kier molecular flexibility index (Phi) is 3.57. The minimum atomic E-state index is 0.382. The molecular weight excluding hydrogens is 170 g/mol. The average Bonchev–Trinajstić information content (AvgIpc) is 2.58. The van der Waals surface area contributed by atoms with E-state index in [-0.39, 0.29) is 0 Å². The molecule has 1 unspecified atom stereocenters. The van der Waals surface area contributed by atoms with Crippen LogP contribution in [0.25, 0.3) is 0 Å². The van der Waals surface area contributed by atoms with Crippen LogP contribution in [-0.2, 0) is 0 Å². The Hall–Kier alpha value is -0.530. The van der Waals surface area contributed by atoms with Crippen LogP contribution >= 0.6 is 11.6 Å². The molecular formula is C10H14ClN. The minimum absolute atomic E-state index is 0.382. The molecule has 0 aromatic heterocycles. The summed E-state index contributed by atoms with van der Waals surface area (Å²) in [5, 5.41) is 4.07. The maximum absolute atomic E-state index is 5.96. The Morgan fingerprint density at radius 3 is 2.58 bits per heavy atom. The number of hydrogen-bond acceptors (Lipinski definition) is 1. The fourth-order valence-electron chi connectivity index (χ4n) is 1.47. The molecule has 1 aliphatic heterocycles. The molecule has 1 rings (SSSR count). The molecule has 0 amide bonds. The van der Waals surface area contributed by atoms with E-state index in [0.29, 0.717) is 11.1 Å². The Morgan fingerprint density at radius 1 is 1.42 bits per heavy atom. The minimum Gasteiger partial charge on any atom is -0.310 e. The number of rotatable bonds is 3. The maximum Gasteiger partial charge on any atom is 0.0447 e. The van der Waals surface area contributed by atoms with Crippen LogP contribution in [0.1, 0.15) is 12.8 Å². The summed E-state index contributed by atoms with van der Waals surface area (Å²) in [6.45, 7) is 8.45. The van der Waals surface area contributed by atoms with E-state index in [0.717, 1.165) is 18.5 Å². The average molecular weight is 184 g/mol. The molecule has 0 radical (unpaired) electrons. The molecule has 0 bridgehead atoms. The van der Waals surface area contributed by atoms with Gasteiger partial charge in [0.1, 0.15) is 0 Å². The van der Waals surface area contributed by atoms with E-state index in [4.69, 9.17) is 11.6 Å². The van der Waals surface area contributed by atoms with Gasteiger partial charge in [0, 0.05) is 11.1 Å². The monoisotopic (exact) mass is 183 g/mol. The molecule has 0 aromatic carbocycles. The van der Waals surface area contributed by atoms with Crippen LogP contribution in [0, 0.1) is 0 Å². The molecule has 1 saturated heterocycles. The molecule has 1 N–H and O–H groups in total. The topological polar surface area (TPSA) is 12.0 Å². The van der Waals surface area contributed by atoms with Gasteiger partial charge in [-0.05, 0) is 25.0 Å². The van der Waals surface area contributed by atoms with Gasteiger partial charge >= 0.3 is 0 Å². The lowest BCUT2D eigenvalue weighted by atomic mass is 10.1. The van der Waals surface area contributed by atoms with E-state index in [1.807, 2.05) is 6.08 Å². The van der Waals surface area contributed by atoms with E-state index in [2.05, 4.69) is 18.5 Å². The van der Waals surface area contributed by atoms with Gasteiger partial charge in [-0.3, -0.25) is 0 Å². The third-order valence-corrected chi connectivity index (χ3v) is 2.48. The number of allylic oxidation sites excluding steroid dienone is 2. The summed E-state index contributed by atoms with van der Waals surface area (Å²) < 4.78 is 0. The zero-order valence-electron chi connectivity index (χ0n) is 7.15. The molecule has 1 fully saturated rings. The molecule has 0 aromatic rings. The van der Waals surface area contributed by atoms with Crippen LogP contribution in [-0.4, -0.2) is 12.6 Å². The molecule has 1 atom stereocenters. The smallest absolute Gasteiger partial charge is 0.0447 e. The van der Waals surface area contributed by atoms with E-state index in [1.165, 1.54) is 6.42 Å². The van der Waals surface area contributed by atoms with Crippen molar-refractivity contribution in [1.82, 2.24) is 5.32 Å². The van der Waals surface area contributed by atoms with E-state index in [9.17, 15) is 0 Å². The summed E-state index contributed by atoms with van der Waals surface area (Å²) in [5.74, 6) is 0. The van der Waals surface area contributed by atoms with Crippen molar-refractivity contribution < 1.29 is 0 Å². The van der Waals surface area contributed by atoms with Crippen LogP contribution in [0.15, 0.2) is 35.9 Å². The van der Waals surface area contributed by atoms with Crippen molar-refractivity contribution in [2.45, 2.75) is 18.9 Å². The van der Waals surface area contributed by atoms with E-state index < -0.39 is 0 Å². The van der Waals surface area contributed by atoms with Crippen molar-refractivity contribution >= 4 is 11.6 Å². The maximum atomic E-state index is 5.96. The van der Waals surface area contributed by atoms with Crippen molar-refractivity contribution in [1.29, 1.82) is 0 Å². The van der Waals surface area contributed by atoms with E-state index >= 15 is 0 Å². The highest BCUT2D eigenvalue weighted by Crippen LogP contribution is 2.21. The van der Waals surface area contributed by atoms with E-state index in [1.54, 1.807) is 6.08 Å². The molecule has 1 nitrogen and oxygen atoms in total. The first kappa shape index (κ1) is 9.56. The normalized spacial score (nSPS) is 24.9. The van der Waals surface area contributed by atoms with Gasteiger partial charge in [0.05, 0.1) is 0 Å². The quantitative estimate of drug-likeness (QED) is 0.664. The third kappa shape index (κ3) is 1.99. The first-order valence-corrected chi connectivity index (χ1v) is 4.55. The molecule has 0 spiro atoms. The molecule has 1 aliphatic rings. The Morgan fingerprint density at radius 2 is 2.17 bits per heavy atom. The van der Waals surface area contributed by atoms with Gasteiger partial charge < -0.3 is 5.32 Å². The fourth-order valence-corrected chi connectivity index (χ4v) is 1.68. The van der Waals surface area contributed by atoms with Crippen LogP contribution in [0.5, 0.6) is 0 Å². The van der Waals surface area contributed by atoms with Gasteiger partial charge in [0.15, 0.2) is 0 Å². The van der Waals surface area contributed by atoms with Gasteiger partial charge in [-0.2, -0.15) is 0 Å². The molecule has 1 heterocycles. The Bertz CT molecular complexity index is 212. The first-order valence-electron chi connectivity index (χ1n) is 4.17. The SMILES string of the molecule is C=C/C(Cl)=C(\C=C)C1CCCN1. The summed E-state index contributed by atoms with van der Waals surface area (Å²) in [7, 11) is 0. The van der Waals surface area contributed by atoms with Gasteiger partial charge in [0.25, 0.3) is 0 Å². The fraction of sp³-hybridized carbons (Fsp3) is 0.400. The second kappa shape index (κ2) is 4.48. The van der Waals surface area contributed by atoms with Crippen LogP contribution in [0.4, 0.5) is 0 Å². The summed E-state index contributed by atoms with van der Waals surface area (Å²) in [6, 6.07) is 0.382. The van der Waals surface area contributed by atoms with Gasteiger partial charge in [-0.1, -0.05) is 36.9 Å². The molecule has 66 valence electrons. The summed E-state index contributed by atoms with van der Waals surface area (Å²) in [6.07, 6.45) is 5.83. The second-order valence-corrected chi connectivity index (χ2v) is 3.27. The lowest BCUT2D eigenvalue weighted by molar-refractivity contribution is 0.702. The van der Waals surface area contributed by atoms with Crippen LogP contribution < -0.4 is 5.32 Å². The largest absolute Gasteiger partial charge is 0.310 e. The van der Waals surface area contributed by atoms with Crippen LogP contribution in [0.2, 0.25) is 0 Å². The highest BCUT2D eigenvalue weighted by atomic mass is 35.5. The lowest BCUT2D eigenvalue weighted by Crippen LogP contribution is -2.23. The lowest BCUT2D eigenvalue weighted by Gasteiger charge is -2.12. The third-order valence-electron chi connectivity index (χ3n) is 2.11. The van der Waals surface area contributed by atoms with Crippen molar-refractivity contribution in [3.8, 4) is 0 Å². The highest BCUT2D eigenvalue weighted by Gasteiger charge is 2.17. The van der Waals surface area contributed by atoms with Gasteiger partial charge in [-0.15, -0.1) is 0 Å². The standard InChI is InChI=1S/C10H14ClN/c1-3-8(9(11)4-2)10-6-5-7-12-10/h3-4,10,12H,1-2,5-7H2/b9-8-. The Labute approximate surface area is 78.8 Å². The molecule has 12 heavy (non-hydrogen) atoms. The summed E-state index contributed by atoms with van der Waals surface area (Å²) >= 11 is 5.96. The predicted molar refractivity (Wildman–Crippen MR) is 54.3 cm³/mol. The summed E-state index contributed by atoms with van der Waals surface area (Å²) in [5.41, 5.74) is 1.07. The summed E-state index contributed by atoms with van der Waals surface area (Å²) in [4.78, 5) is 0. The Balaban J connectivity index is 2.79. The number of hydrogen-bond donors (Lipinski definition) is 1. The molecule has 0 aliphatic carbocycles. The van der Waals surface area contributed by atoms with Crippen molar-refractivity contribution in [2.75, 3.05) is 6.54 Å². The van der Waals surface area contributed by atoms with Crippen molar-refractivity contribution in [2.24, 2.45) is 0 Å². The highest BCUT2D eigenvalue weighted by molar-refractivity contribution is 6.31. The van der Waals surface area contributed by atoms with Crippen molar-refractivity contribution in [3.05, 3.63) is 35.9 Å². The van der Waals surface area contributed by atoms with Gasteiger partial charge in [-0.25, -0.2) is 0 Å².